The zero-order valence-electron chi connectivity index (χ0n) is 22.4. The van der Waals surface area contributed by atoms with E-state index in [1.807, 2.05) is 27.0 Å². The topological polar surface area (TPSA) is 100 Å². The first-order valence-electron chi connectivity index (χ1n) is 13.2. The van der Waals surface area contributed by atoms with Crippen LogP contribution in [0, 0.1) is 5.92 Å². The van der Waals surface area contributed by atoms with Gasteiger partial charge >= 0.3 is 0 Å². The second-order valence-corrected chi connectivity index (χ2v) is 9.89. The Kier molecular flexibility index (Phi) is 10.9. The lowest BCUT2D eigenvalue weighted by atomic mass is 10.0. The summed E-state index contributed by atoms with van der Waals surface area (Å²) in [5, 5.41) is 16.1. The Labute approximate surface area is 220 Å². The van der Waals surface area contributed by atoms with Crippen LogP contribution in [0.3, 0.4) is 0 Å². The number of nitrogens with zero attached hydrogens (tertiary/aromatic N) is 1. The SMILES string of the molecule is CNC[C@H]1OCCCC[C@H](C)Oc2ccc(NC(=O)c3ccccc3)cc2C(=O)N([C@H](C)CO)C[C@@H]1C. The Hall–Kier alpha value is -2.94. The van der Waals surface area contributed by atoms with E-state index < -0.39 is 6.04 Å². The lowest BCUT2D eigenvalue weighted by molar-refractivity contribution is -0.000452. The maximum absolute atomic E-state index is 14.0. The molecule has 3 N–H and O–H groups in total. The van der Waals surface area contributed by atoms with Crippen LogP contribution >= 0.6 is 0 Å². The third kappa shape index (κ3) is 8.02. The third-order valence-corrected chi connectivity index (χ3v) is 6.75. The molecule has 2 aromatic carbocycles. The quantitative estimate of drug-likeness (QED) is 0.543. The molecule has 0 saturated heterocycles. The van der Waals surface area contributed by atoms with Crippen LogP contribution < -0.4 is 15.4 Å². The second kappa shape index (κ2) is 14.1. The minimum absolute atomic E-state index is 0.0256. The van der Waals surface area contributed by atoms with E-state index in [-0.39, 0.29) is 36.5 Å². The highest BCUT2D eigenvalue weighted by molar-refractivity contribution is 6.05. The average Bonchev–Trinajstić information content (AvgIpc) is 2.90. The lowest BCUT2D eigenvalue weighted by Gasteiger charge is -2.34. The number of carbonyl (C=O) groups excluding carboxylic acids is 2. The van der Waals surface area contributed by atoms with Gasteiger partial charge in [0, 0.05) is 36.9 Å². The van der Waals surface area contributed by atoms with Crippen LogP contribution in [-0.2, 0) is 4.74 Å². The minimum atomic E-state index is -0.411. The van der Waals surface area contributed by atoms with Crippen molar-refractivity contribution in [3.8, 4) is 5.75 Å². The molecule has 2 aromatic rings. The summed E-state index contributed by atoms with van der Waals surface area (Å²) in [6.07, 6.45) is 2.53. The summed E-state index contributed by atoms with van der Waals surface area (Å²) in [6.45, 7) is 7.43. The number of ether oxygens (including phenoxy) is 2. The number of aliphatic hydroxyl groups excluding tert-OH is 1. The molecule has 0 radical (unpaired) electrons. The number of fused-ring (bicyclic) bond motifs is 1. The largest absolute Gasteiger partial charge is 0.490 e. The number of anilines is 1. The van der Waals surface area contributed by atoms with Crippen LogP contribution in [0.4, 0.5) is 5.69 Å². The van der Waals surface area contributed by atoms with Gasteiger partial charge in [-0.25, -0.2) is 0 Å². The average molecular weight is 512 g/mol. The lowest BCUT2D eigenvalue weighted by Crippen LogP contribution is -2.47. The molecule has 1 aliphatic rings. The number of rotatable bonds is 6. The van der Waals surface area contributed by atoms with Gasteiger partial charge in [0.15, 0.2) is 0 Å². The first-order chi connectivity index (χ1) is 17.8. The van der Waals surface area contributed by atoms with Crippen molar-refractivity contribution < 1.29 is 24.2 Å². The number of hydrogen-bond acceptors (Lipinski definition) is 6. The summed E-state index contributed by atoms with van der Waals surface area (Å²) in [5.74, 6) is -0.0215. The monoisotopic (exact) mass is 511 g/mol. The molecule has 4 atom stereocenters. The Morgan fingerprint density at radius 2 is 1.92 bits per heavy atom. The van der Waals surface area contributed by atoms with E-state index in [2.05, 4.69) is 17.6 Å². The second-order valence-electron chi connectivity index (χ2n) is 9.89. The van der Waals surface area contributed by atoms with Gasteiger partial charge < -0.3 is 30.1 Å². The zero-order chi connectivity index (χ0) is 26.8. The van der Waals surface area contributed by atoms with Gasteiger partial charge in [-0.1, -0.05) is 25.1 Å². The van der Waals surface area contributed by atoms with Crippen molar-refractivity contribution in [1.29, 1.82) is 0 Å². The van der Waals surface area contributed by atoms with Gasteiger partial charge in [0.1, 0.15) is 5.75 Å². The van der Waals surface area contributed by atoms with Gasteiger partial charge in [-0.3, -0.25) is 9.59 Å². The highest BCUT2D eigenvalue weighted by atomic mass is 16.5. The van der Waals surface area contributed by atoms with Crippen LogP contribution in [0.25, 0.3) is 0 Å². The van der Waals surface area contributed by atoms with Crippen molar-refractivity contribution in [2.24, 2.45) is 5.92 Å². The number of amides is 2. The smallest absolute Gasteiger partial charge is 0.258 e. The number of nitrogens with one attached hydrogen (secondary N) is 2. The summed E-state index contributed by atoms with van der Waals surface area (Å²) >= 11 is 0. The van der Waals surface area contributed by atoms with Crippen molar-refractivity contribution in [2.45, 2.75) is 58.3 Å². The highest BCUT2D eigenvalue weighted by Crippen LogP contribution is 2.28. The van der Waals surface area contributed by atoms with Crippen LogP contribution in [0.1, 0.15) is 60.7 Å². The molecule has 3 rings (SSSR count). The van der Waals surface area contributed by atoms with Gasteiger partial charge in [0.2, 0.25) is 0 Å². The van der Waals surface area contributed by atoms with E-state index in [1.165, 1.54) is 0 Å². The van der Waals surface area contributed by atoms with Crippen molar-refractivity contribution in [3.05, 3.63) is 59.7 Å². The van der Waals surface area contributed by atoms with Gasteiger partial charge in [-0.05, 0) is 70.5 Å². The molecule has 0 spiro atoms. The highest BCUT2D eigenvalue weighted by Gasteiger charge is 2.29. The van der Waals surface area contributed by atoms with Crippen molar-refractivity contribution in [2.75, 3.05) is 38.7 Å². The minimum Gasteiger partial charge on any atom is -0.490 e. The molecule has 0 saturated carbocycles. The molecule has 0 aliphatic carbocycles. The molecular formula is C29H41N3O5. The molecule has 0 fully saturated rings. The molecular weight excluding hydrogens is 470 g/mol. The normalized spacial score (nSPS) is 22.4. The molecule has 1 aliphatic heterocycles. The van der Waals surface area contributed by atoms with Gasteiger partial charge in [-0.15, -0.1) is 0 Å². The van der Waals surface area contributed by atoms with E-state index >= 15 is 0 Å². The fourth-order valence-electron chi connectivity index (χ4n) is 4.48. The maximum Gasteiger partial charge on any atom is 0.258 e. The Balaban J connectivity index is 1.97. The van der Waals surface area contributed by atoms with Crippen LogP contribution in [0.15, 0.2) is 48.5 Å². The van der Waals surface area contributed by atoms with Gasteiger partial charge in [0.05, 0.1) is 30.4 Å². The fourth-order valence-corrected chi connectivity index (χ4v) is 4.48. The summed E-state index contributed by atoms with van der Waals surface area (Å²) in [4.78, 5) is 28.4. The van der Waals surface area contributed by atoms with E-state index in [0.717, 1.165) is 19.3 Å². The molecule has 1 heterocycles. The van der Waals surface area contributed by atoms with Crippen molar-refractivity contribution >= 4 is 17.5 Å². The Bertz CT molecular complexity index is 1020. The number of benzene rings is 2. The number of carbonyl (C=O) groups is 2. The summed E-state index contributed by atoms with van der Waals surface area (Å²) in [6, 6.07) is 13.7. The van der Waals surface area contributed by atoms with Gasteiger partial charge in [-0.2, -0.15) is 0 Å². The predicted molar refractivity (Wildman–Crippen MR) is 145 cm³/mol. The fraction of sp³-hybridized carbons (Fsp3) is 0.517. The molecule has 0 bridgehead atoms. The number of likely N-dealkylation sites (N-methyl/N-ethyl adjacent to an activating group) is 1. The van der Waals surface area contributed by atoms with E-state index in [4.69, 9.17) is 9.47 Å². The van der Waals surface area contributed by atoms with Crippen LogP contribution in [-0.4, -0.2) is 73.4 Å². The maximum atomic E-state index is 14.0. The van der Waals surface area contributed by atoms with Crippen molar-refractivity contribution in [3.63, 3.8) is 0 Å². The Morgan fingerprint density at radius 3 is 2.62 bits per heavy atom. The third-order valence-electron chi connectivity index (χ3n) is 6.75. The first-order valence-corrected chi connectivity index (χ1v) is 13.2. The molecule has 37 heavy (non-hydrogen) atoms. The van der Waals surface area contributed by atoms with Crippen LogP contribution in [0.5, 0.6) is 5.75 Å². The summed E-state index contributed by atoms with van der Waals surface area (Å²) in [5.41, 5.74) is 1.38. The van der Waals surface area contributed by atoms with E-state index in [9.17, 15) is 14.7 Å². The summed E-state index contributed by atoms with van der Waals surface area (Å²) < 4.78 is 12.4. The predicted octanol–water partition coefficient (Wildman–Crippen LogP) is 3.95. The molecule has 0 aromatic heterocycles. The van der Waals surface area contributed by atoms with E-state index in [1.54, 1.807) is 47.4 Å². The molecule has 2 amide bonds. The molecule has 8 nitrogen and oxygen atoms in total. The Morgan fingerprint density at radius 1 is 1.16 bits per heavy atom. The van der Waals surface area contributed by atoms with Gasteiger partial charge in [0.25, 0.3) is 11.8 Å². The van der Waals surface area contributed by atoms with Crippen LogP contribution in [0.2, 0.25) is 0 Å². The standard InChI is InChI=1S/C29H41N3O5/c1-20-18-32(21(2)19-33)29(35)25-16-24(31-28(34)23-11-6-5-7-12-23)13-14-26(25)37-22(3)10-8-9-15-36-27(20)17-30-4/h5-7,11-14,16,20-22,27,30,33H,8-10,15,17-19H2,1-4H3,(H,31,34)/t20-,21+,22-,27+/m0/s1. The number of aliphatic hydroxyl groups is 1. The zero-order valence-corrected chi connectivity index (χ0v) is 22.4. The number of hydrogen-bond donors (Lipinski definition) is 3. The molecule has 8 heteroatoms. The first kappa shape index (κ1) is 28.6. The summed E-state index contributed by atoms with van der Waals surface area (Å²) in [7, 11) is 1.89. The van der Waals surface area contributed by atoms with Crippen molar-refractivity contribution in [1.82, 2.24) is 10.2 Å². The van der Waals surface area contributed by atoms with E-state index in [0.29, 0.717) is 42.3 Å². The molecule has 0 unspecified atom stereocenters. The molecule has 202 valence electrons.